The Labute approximate surface area is 143 Å². The first-order valence-corrected chi connectivity index (χ1v) is 8.56. The summed E-state index contributed by atoms with van der Waals surface area (Å²) in [7, 11) is 0. The lowest BCUT2D eigenvalue weighted by Gasteiger charge is -2.35. The van der Waals surface area contributed by atoms with Gasteiger partial charge in [-0.05, 0) is 33.8 Å². The molecule has 1 fully saturated rings. The molecular weight excluding hydrogens is 308 g/mol. The summed E-state index contributed by atoms with van der Waals surface area (Å²) in [4.78, 5) is 20.4. The second-order valence-electron chi connectivity index (χ2n) is 5.78. The van der Waals surface area contributed by atoms with Gasteiger partial charge in [-0.2, -0.15) is 0 Å². The van der Waals surface area contributed by atoms with Crippen LogP contribution in [0.5, 0.6) is 0 Å². The molecule has 7 nitrogen and oxygen atoms in total. The van der Waals surface area contributed by atoms with Gasteiger partial charge in [0.2, 0.25) is 0 Å². The molecule has 1 aliphatic rings. The summed E-state index contributed by atoms with van der Waals surface area (Å²) in [6.45, 7) is 12.4. The van der Waals surface area contributed by atoms with Gasteiger partial charge in [0.1, 0.15) is 11.5 Å². The minimum Gasteiger partial charge on any atom is -0.466 e. The smallest absolute Gasteiger partial charge is 0.409 e. The van der Waals surface area contributed by atoms with Crippen molar-refractivity contribution in [2.45, 2.75) is 34.2 Å². The molecule has 1 saturated heterocycles. The molecule has 0 aromatic carbocycles. The molecule has 1 aromatic heterocycles. The lowest BCUT2D eigenvalue weighted by molar-refractivity contribution is 0.0914. The van der Waals surface area contributed by atoms with Crippen molar-refractivity contribution in [1.29, 1.82) is 0 Å². The molecule has 7 heteroatoms. The Morgan fingerprint density at radius 2 is 1.92 bits per heavy atom. The predicted molar refractivity (Wildman–Crippen MR) is 93.2 cm³/mol. The Bertz CT molecular complexity index is 574. The number of hydrogen-bond donors (Lipinski definition) is 1. The van der Waals surface area contributed by atoms with Crippen LogP contribution in [0, 0.1) is 13.8 Å². The van der Waals surface area contributed by atoms with Crippen LogP contribution < -0.4 is 5.32 Å². The quantitative estimate of drug-likeness (QED) is 0.674. The lowest BCUT2D eigenvalue weighted by atomic mass is 10.2. The van der Waals surface area contributed by atoms with E-state index in [2.05, 4.69) is 17.1 Å². The number of hydrogen-bond acceptors (Lipinski definition) is 4. The molecule has 0 aliphatic carbocycles. The van der Waals surface area contributed by atoms with Crippen LogP contribution in [-0.2, 0) is 11.3 Å². The van der Waals surface area contributed by atoms with Crippen molar-refractivity contribution < 1.29 is 13.9 Å². The number of aryl methyl sites for hydroxylation is 2. The highest BCUT2D eigenvalue weighted by Gasteiger charge is 2.23. The SMILES string of the molecule is CCNC(=NCc1cc(C)oc1C)N1CCN(C(=O)OCC)CC1. The van der Waals surface area contributed by atoms with Gasteiger partial charge in [-0.25, -0.2) is 9.79 Å². The zero-order valence-electron chi connectivity index (χ0n) is 15.1. The molecule has 24 heavy (non-hydrogen) atoms. The first kappa shape index (κ1) is 18.2. The van der Waals surface area contributed by atoms with E-state index >= 15 is 0 Å². The third kappa shape index (κ3) is 4.66. The number of nitrogens with one attached hydrogen (secondary N) is 1. The zero-order valence-corrected chi connectivity index (χ0v) is 15.1. The topological polar surface area (TPSA) is 70.3 Å². The Kier molecular flexibility index (Phi) is 6.52. The van der Waals surface area contributed by atoms with Crippen molar-refractivity contribution in [1.82, 2.24) is 15.1 Å². The van der Waals surface area contributed by atoms with Crippen molar-refractivity contribution in [2.75, 3.05) is 39.3 Å². The zero-order chi connectivity index (χ0) is 17.5. The van der Waals surface area contributed by atoms with E-state index < -0.39 is 0 Å². The lowest BCUT2D eigenvalue weighted by Crippen LogP contribution is -2.53. The molecule has 0 radical (unpaired) electrons. The minimum absolute atomic E-state index is 0.233. The van der Waals surface area contributed by atoms with Crippen molar-refractivity contribution in [3.05, 3.63) is 23.2 Å². The van der Waals surface area contributed by atoms with Gasteiger partial charge in [-0.3, -0.25) is 0 Å². The fourth-order valence-electron chi connectivity index (χ4n) is 2.74. The molecule has 1 amide bonds. The minimum atomic E-state index is -0.233. The van der Waals surface area contributed by atoms with E-state index in [0.29, 0.717) is 26.2 Å². The van der Waals surface area contributed by atoms with Crippen LogP contribution in [-0.4, -0.2) is 61.2 Å². The normalized spacial score (nSPS) is 15.6. The van der Waals surface area contributed by atoms with Crippen LogP contribution in [0.2, 0.25) is 0 Å². The van der Waals surface area contributed by atoms with Crippen molar-refractivity contribution in [2.24, 2.45) is 4.99 Å². The number of guanidine groups is 1. The molecule has 0 bridgehead atoms. The highest BCUT2D eigenvalue weighted by atomic mass is 16.6. The Balaban J connectivity index is 1.97. The summed E-state index contributed by atoms with van der Waals surface area (Å²) in [5.41, 5.74) is 1.10. The van der Waals surface area contributed by atoms with Gasteiger partial charge in [0.15, 0.2) is 5.96 Å². The number of rotatable bonds is 4. The average Bonchev–Trinajstić information content (AvgIpc) is 2.89. The molecule has 0 atom stereocenters. The summed E-state index contributed by atoms with van der Waals surface area (Å²) in [6.07, 6.45) is -0.233. The monoisotopic (exact) mass is 336 g/mol. The fourth-order valence-corrected chi connectivity index (χ4v) is 2.74. The number of nitrogens with zero attached hydrogens (tertiary/aromatic N) is 3. The summed E-state index contributed by atoms with van der Waals surface area (Å²) in [6, 6.07) is 2.03. The summed E-state index contributed by atoms with van der Waals surface area (Å²) < 4.78 is 10.6. The first-order valence-electron chi connectivity index (χ1n) is 8.56. The van der Waals surface area contributed by atoms with Crippen molar-refractivity contribution in [3.63, 3.8) is 0 Å². The van der Waals surface area contributed by atoms with Crippen molar-refractivity contribution >= 4 is 12.1 Å². The summed E-state index contributed by atoms with van der Waals surface area (Å²) in [5.74, 6) is 2.70. The number of ether oxygens (including phenoxy) is 1. The van der Waals surface area contributed by atoms with Crippen LogP contribution in [0.25, 0.3) is 0 Å². The van der Waals surface area contributed by atoms with Gasteiger partial charge >= 0.3 is 6.09 Å². The second kappa shape index (κ2) is 8.61. The van der Waals surface area contributed by atoms with E-state index in [9.17, 15) is 4.79 Å². The van der Waals surface area contributed by atoms with E-state index in [-0.39, 0.29) is 6.09 Å². The van der Waals surface area contributed by atoms with Crippen LogP contribution >= 0.6 is 0 Å². The molecule has 0 saturated carbocycles. The van der Waals surface area contributed by atoms with Crippen LogP contribution in [0.1, 0.15) is 30.9 Å². The number of carbonyl (C=O) groups excluding carboxylic acids is 1. The van der Waals surface area contributed by atoms with E-state index in [0.717, 1.165) is 42.7 Å². The third-order valence-electron chi connectivity index (χ3n) is 3.98. The maximum atomic E-state index is 11.8. The largest absolute Gasteiger partial charge is 0.466 e. The summed E-state index contributed by atoms with van der Waals surface area (Å²) >= 11 is 0. The van der Waals surface area contributed by atoms with Gasteiger partial charge in [0.05, 0.1) is 13.2 Å². The maximum Gasteiger partial charge on any atom is 0.409 e. The maximum absolute atomic E-state index is 11.8. The van der Waals surface area contributed by atoms with Crippen molar-refractivity contribution in [3.8, 4) is 0 Å². The summed E-state index contributed by atoms with van der Waals surface area (Å²) in [5, 5.41) is 3.33. The number of aliphatic imine (C=N–C) groups is 1. The molecule has 1 aromatic rings. The number of piperazine rings is 1. The number of furan rings is 1. The molecule has 0 unspecified atom stereocenters. The molecule has 2 heterocycles. The Morgan fingerprint density at radius 1 is 1.25 bits per heavy atom. The second-order valence-corrected chi connectivity index (χ2v) is 5.78. The van der Waals surface area contributed by atoms with Gasteiger partial charge in [-0.1, -0.05) is 0 Å². The standard InChI is InChI=1S/C17H28N4O3/c1-5-18-16(19-12-15-11-13(3)24-14(15)4)20-7-9-21(10-8-20)17(22)23-6-2/h11H,5-10,12H2,1-4H3,(H,18,19). The molecule has 1 aliphatic heterocycles. The predicted octanol–water partition coefficient (Wildman–Crippen LogP) is 2.14. The molecular formula is C17H28N4O3. The van der Waals surface area contributed by atoms with Crippen LogP contribution in [0.4, 0.5) is 4.79 Å². The number of carbonyl (C=O) groups is 1. The van der Waals surface area contributed by atoms with E-state index in [1.807, 2.05) is 26.8 Å². The molecule has 134 valence electrons. The van der Waals surface area contributed by atoms with E-state index in [1.165, 1.54) is 0 Å². The highest BCUT2D eigenvalue weighted by molar-refractivity contribution is 5.80. The fraction of sp³-hybridized carbons (Fsp3) is 0.647. The van der Waals surface area contributed by atoms with E-state index in [1.54, 1.807) is 4.90 Å². The van der Waals surface area contributed by atoms with Gasteiger partial charge in [0, 0.05) is 38.3 Å². The van der Waals surface area contributed by atoms with Gasteiger partial charge < -0.3 is 24.3 Å². The van der Waals surface area contributed by atoms with Crippen LogP contribution in [0.3, 0.4) is 0 Å². The van der Waals surface area contributed by atoms with Gasteiger partial charge in [-0.15, -0.1) is 0 Å². The Hall–Kier alpha value is -2.18. The Morgan fingerprint density at radius 3 is 2.46 bits per heavy atom. The third-order valence-corrected chi connectivity index (χ3v) is 3.98. The number of amides is 1. The van der Waals surface area contributed by atoms with Gasteiger partial charge in [0.25, 0.3) is 0 Å². The first-order chi connectivity index (χ1) is 11.5. The van der Waals surface area contributed by atoms with E-state index in [4.69, 9.17) is 14.1 Å². The average molecular weight is 336 g/mol. The molecule has 2 rings (SSSR count). The highest BCUT2D eigenvalue weighted by Crippen LogP contribution is 2.15. The van der Waals surface area contributed by atoms with Crippen LogP contribution in [0.15, 0.2) is 15.5 Å². The molecule has 0 spiro atoms. The molecule has 1 N–H and O–H groups in total.